The van der Waals surface area contributed by atoms with E-state index in [0.29, 0.717) is 6.61 Å². The van der Waals surface area contributed by atoms with Gasteiger partial charge in [0.15, 0.2) is 0 Å². The van der Waals surface area contributed by atoms with Crippen LogP contribution in [0.3, 0.4) is 0 Å². The first-order chi connectivity index (χ1) is 4.84. The summed E-state index contributed by atoms with van der Waals surface area (Å²) in [6.07, 6.45) is 1.59. The van der Waals surface area contributed by atoms with Crippen molar-refractivity contribution < 1.29 is 4.74 Å². The van der Waals surface area contributed by atoms with Gasteiger partial charge >= 0.3 is 0 Å². The molecule has 0 aliphatic heterocycles. The Bertz CT molecular complexity index is 174. The fraction of sp³-hybridized carbons (Fsp3) is 0.600. The van der Waals surface area contributed by atoms with E-state index in [2.05, 4.69) is 15.4 Å². The summed E-state index contributed by atoms with van der Waals surface area (Å²) in [7, 11) is 1.60. The SMILES string of the molecule is COC[C@H](N)c1cn[nH]n1. The second-order valence-corrected chi connectivity index (χ2v) is 1.96. The molecule has 0 saturated heterocycles. The van der Waals surface area contributed by atoms with Gasteiger partial charge in [-0.1, -0.05) is 0 Å². The first-order valence-electron chi connectivity index (χ1n) is 2.94. The summed E-state index contributed by atoms with van der Waals surface area (Å²) in [4.78, 5) is 0. The molecule has 0 amide bonds. The molecule has 0 fully saturated rings. The van der Waals surface area contributed by atoms with Crippen molar-refractivity contribution in [1.82, 2.24) is 15.4 Å². The van der Waals surface area contributed by atoms with Crippen LogP contribution in [0.4, 0.5) is 0 Å². The van der Waals surface area contributed by atoms with E-state index >= 15 is 0 Å². The van der Waals surface area contributed by atoms with Gasteiger partial charge in [-0.05, 0) is 0 Å². The Morgan fingerprint density at radius 1 is 1.90 bits per heavy atom. The Hall–Kier alpha value is -0.940. The molecule has 0 aliphatic carbocycles. The predicted molar refractivity (Wildman–Crippen MR) is 35.2 cm³/mol. The van der Waals surface area contributed by atoms with Crippen molar-refractivity contribution in [2.45, 2.75) is 6.04 Å². The summed E-state index contributed by atoms with van der Waals surface area (Å²) in [6.45, 7) is 0.465. The topological polar surface area (TPSA) is 76.8 Å². The zero-order valence-corrected chi connectivity index (χ0v) is 5.74. The summed E-state index contributed by atoms with van der Waals surface area (Å²) in [5, 5.41) is 9.88. The highest BCUT2D eigenvalue weighted by Gasteiger charge is 2.06. The van der Waals surface area contributed by atoms with Crippen molar-refractivity contribution in [3.8, 4) is 0 Å². The van der Waals surface area contributed by atoms with Gasteiger partial charge in [0, 0.05) is 7.11 Å². The number of nitrogens with two attached hydrogens (primary N) is 1. The van der Waals surface area contributed by atoms with Gasteiger partial charge < -0.3 is 10.5 Å². The van der Waals surface area contributed by atoms with Crippen molar-refractivity contribution in [3.05, 3.63) is 11.9 Å². The standard InChI is InChI=1S/C5H10N4O/c1-10-3-4(6)5-2-7-9-8-5/h2,4H,3,6H2,1H3,(H,7,8,9)/t4-/m0/s1. The quantitative estimate of drug-likeness (QED) is 0.593. The maximum Gasteiger partial charge on any atom is 0.101 e. The number of rotatable bonds is 3. The molecular formula is C5H10N4O. The van der Waals surface area contributed by atoms with Gasteiger partial charge in [-0.25, -0.2) is 0 Å². The number of H-pyrrole nitrogens is 1. The molecule has 5 nitrogen and oxygen atoms in total. The molecule has 0 aromatic carbocycles. The minimum atomic E-state index is -0.177. The third-order valence-corrected chi connectivity index (χ3v) is 1.16. The number of hydrogen-bond acceptors (Lipinski definition) is 4. The largest absolute Gasteiger partial charge is 0.383 e. The van der Waals surface area contributed by atoms with Crippen LogP contribution in [-0.2, 0) is 4.74 Å². The van der Waals surface area contributed by atoms with E-state index < -0.39 is 0 Å². The van der Waals surface area contributed by atoms with Crippen molar-refractivity contribution in [2.75, 3.05) is 13.7 Å². The first-order valence-corrected chi connectivity index (χ1v) is 2.94. The minimum absolute atomic E-state index is 0.177. The monoisotopic (exact) mass is 142 g/mol. The Morgan fingerprint density at radius 3 is 3.20 bits per heavy atom. The minimum Gasteiger partial charge on any atom is -0.383 e. The van der Waals surface area contributed by atoms with Crippen LogP contribution < -0.4 is 5.73 Å². The van der Waals surface area contributed by atoms with Crippen molar-refractivity contribution in [1.29, 1.82) is 0 Å². The third-order valence-electron chi connectivity index (χ3n) is 1.16. The second kappa shape index (κ2) is 3.28. The maximum absolute atomic E-state index is 5.60. The number of methoxy groups -OCH3 is 1. The summed E-state index contributed by atoms with van der Waals surface area (Å²) < 4.78 is 4.82. The number of hydrogen-bond donors (Lipinski definition) is 2. The molecule has 0 saturated carbocycles. The first kappa shape index (κ1) is 7.17. The lowest BCUT2D eigenvalue weighted by atomic mass is 10.2. The van der Waals surface area contributed by atoms with Crippen LogP contribution in [0.1, 0.15) is 11.7 Å². The number of aromatic amines is 1. The molecule has 5 heteroatoms. The van der Waals surface area contributed by atoms with Gasteiger partial charge in [-0.3, -0.25) is 0 Å². The lowest BCUT2D eigenvalue weighted by molar-refractivity contribution is 0.179. The summed E-state index contributed by atoms with van der Waals surface area (Å²) in [5.41, 5.74) is 6.33. The van der Waals surface area contributed by atoms with Crippen LogP contribution in [0.25, 0.3) is 0 Å². The molecule has 1 atom stereocenters. The summed E-state index contributed by atoms with van der Waals surface area (Å²) >= 11 is 0. The average Bonchev–Trinajstić information content (AvgIpc) is 2.38. The summed E-state index contributed by atoms with van der Waals surface area (Å²) in [6, 6.07) is -0.177. The van der Waals surface area contributed by atoms with Crippen LogP contribution >= 0.6 is 0 Å². The predicted octanol–water partition coefficient (Wildman–Crippen LogP) is -0.549. The maximum atomic E-state index is 5.60. The summed E-state index contributed by atoms with van der Waals surface area (Å²) in [5.74, 6) is 0. The zero-order valence-electron chi connectivity index (χ0n) is 5.74. The van der Waals surface area contributed by atoms with E-state index in [1.165, 1.54) is 0 Å². The number of nitrogens with one attached hydrogen (secondary N) is 1. The molecule has 0 spiro atoms. The lowest BCUT2D eigenvalue weighted by Crippen LogP contribution is -2.16. The molecule has 3 N–H and O–H groups in total. The molecule has 0 bridgehead atoms. The fourth-order valence-corrected chi connectivity index (χ4v) is 0.654. The van der Waals surface area contributed by atoms with Gasteiger partial charge in [-0.15, -0.1) is 0 Å². The van der Waals surface area contributed by atoms with E-state index in [9.17, 15) is 0 Å². The lowest BCUT2D eigenvalue weighted by Gasteiger charge is -2.04. The Labute approximate surface area is 58.6 Å². The Kier molecular flexibility index (Phi) is 2.35. The van der Waals surface area contributed by atoms with E-state index in [0.717, 1.165) is 5.69 Å². The molecule has 1 heterocycles. The third kappa shape index (κ3) is 1.52. The van der Waals surface area contributed by atoms with E-state index in [1.54, 1.807) is 13.3 Å². The van der Waals surface area contributed by atoms with Crippen molar-refractivity contribution >= 4 is 0 Å². The normalized spacial score (nSPS) is 13.4. The van der Waals surface area contributed by atoms with Gasteiger partial charge in [0.2, 0.25) is 0 Å². The zero-order chi connectivity index (χ0) is 7.40. The van der Waals surface area contributed by atoms with Crippen LogP contribution in [-0.4, -0.2) is 29.1 Å². The second-order valence-electron chi connectivity index (χ2n) is 1.96. The molecule has 0 aliphatic rings. The average molecular weight is 142 g/mol. The molecule has 0 radical (unpaired) electrons. The number of nitrogens with zero attached hydrogens (tertiary/aromatic N) is 2. The molecule has 1 aromatic rings. The molecule has 56 valence electrons. The van der Waals surface area contributed by atoms with Crippen LogP contribution in [0.5, 0.6) is 0 Å². The highest BCUT2D eigenvalue weighted by atomic mass is 16.5. The van der Waals surface area contributed by atoms with Crippen LogP contribution in [0, 0.1) is 0 Å². The smallest absolute Gasteiger partial charge is 0.101 e. The number of ether oxygens (including phenoxy) is 1. The molecule has 0 unspecified atom stereocenters. The van der Waals surface area contributed by atoms with E-state index in [-0.39, 0.29) is 6.04 Å². The van der Waals surface area contributed by atoms with Crippen LogP contribution in [0.15, 0.2) is 6.20 Å². The highest BCUT2D eigenvalue weighted by molar-refractivity contribution is 4.97. The van der Waals surface area contributed by atoms with Gasteiger partial charge in [-0.2, -0.15) is 15.4 Å². The van der Waals surface area contributed by atoms with Gasteiger partial charge in [0.25, 0.3) is 0 Å². The molecule has 10 heavy (non-hydrogen) atoms. The van der Waals surface area contributed by atoms with Crippen LogP contribution in [0.2, 0.25) is 0 Å². The van der Waals surface area contributed by atoms with Crippen molar-refractivity contribution in [2.24, 2.45) is 5.73 Å². The fourth-order valence-electron chi connectivity index (χ4n) is 0.654. The number of aromatic nitrogens is 3. The highest BCUT2D eigenvalue weighted by Crippen LogP contribution is 2.02. The molecular weight excluding hydrogens is 132 g/mol. The molecule has 1 rings (SSSR count). The molecule has 1 aromatic heterocycles. The van der Waals surface area contributed by atoms with Gasteiger partial charge in [0.05, 0.1) is 18.8 Å². The van der Waals surface area contributed by atoms with Gasteiger partial charge in [0.1, 0.15) is 5.69 Å². The van der Waals surface area contributed by atoms with Crippen molar-refractivity contribution in [3.63, 3.8) is 0 Å². The van der Waals surface area contributed by atoms with E-state index in [1.807, 2.05) is 0 Å². The van der Waals surface area contributed by atoms with E-state index in [4.69, 9.17) is 10.5 Å². The Morgan fingerprint density at radius 2 is 2.70 bits per heavy atom. The Balaban J connectivity index is 2.50.